The normalized spacial score (nSPS) is 14.2. The Bertz CT molecular complexity index is 988. The smallest absolute Gasteiger partial charge is 0.233 e. The molecule has 0 radical (unpaired) electrons. The second-order valence-electron chi connectivity index (χ2n) is 6.68. The summed E-state index contributed by atoms with van der Waals surface area (Å²) in [6.07, 6.45) is 0. The van der Waals surface area contributed by atoms with Crippen LogP contribution < -0.4 is 10.7 Å². The topological polar surface area (TPSA) is 80.3 Å². The first-order chi connectivity index (χ1) is 14.1. The summed E-state index contributed by atoms with van der Waals surface area (Å²) < 4.78 is 14.7. The van der Waals surface area contributed by atoms with Gasteiger partial charge in [0, 0.05) is 37.4 Å². The van der Waals surface area contributed by atoms with E-state index < -0.39 is 0 Å². The van der Waals surface area contributed by atoms with Gasteiger partial charge in [-0.05, 0) is 24.3 Å². The van der Waals surface area contributed by atoms with Crippen LogP contribution in [0.4, 0.5) is 10.1 Å². The summed E-state index contributed by atoms with van der Waals surface area (Å²) in [7, 11) is 0. The number of halogens is 1. The zero-order chi connectivity index (χ0) is 20.2. The molecule has 9 heteroatoms. The molecule has 1 aliphatic heterocycles. The highest BCUT2D eigenvalue weighted by atomic mass is 32.2. The third kappa shape index (κ3) is 4.34. The number of benzene rings is 2. The minimum atomic E-state index is -0.371. The molecule has 0 unspecified atom stereocenters. The number of thioether (sulfide) groups is 1. The maximum Gasteiger partial charge on any atom is 0.233 e. The lowest BCUT2D eigenvalue weighted by atomic mass is 10.2. The Hall–Kier alpha value is -3.07. The molecule has 29 heavy (non-hydrogen) atoms. The van der Waals surface area contributed by atoms with E-state index in [0.29, 0.717) is 29.6 Å². The number of piperazine rings is 1. The van der Waals surface area contributed by atoms with Crippen molar-refractivity contribution in [2.75, 3.05) is 42.7 Å². The quantitative estimate of drug-likeness (QED) is 0.511. The van der Waals surface area contributed by atoms with Crippen LogP contribution in [0.25, 0.3) is 11.4 Å². The van der Waals surface area contributed by atoms with Gasteiger partial charge in [-0.2, -0.15) is 0 Å². The second-order valence-corrected chi connectivity index (χ2v) is 7.62. The maximum absolute atomic E-state index is 13.4. The molecule has 2 aromatic carbocycles. The molecule has 0 atom stereocenters. The highest BCUT2D eigenvalue weighted by Gasteiger charge is 2.22. The minimum Gasteiger partial charge on any atom is -0.368 e. The molecule has 1 saturated heterocycles. The molecule has 3 aromatic rings. The molecule has 0 bridgehead atoms. The third-order valence-corrected chi connectivity index (χ3v) is 5.75. The van der Waals surface area contributed by atoms with Crippen LogP contribution in [0.2, 0.25) is 0 Å². The highest BCUT2D eigenvalue weighted by molar-refractivity contribution is 7.99. The number of amides is 1. The van der Waals surface area contributed by atoms with Crippen molar-refractivity contribution in [3.05, 3.63) is 60.4 Å². The van der Waals surface area contributed by atoms with Crippen LogP contribution in [0.3, 0.4) is 0 Å². The van der Waals surface area contributed by atoms with Crippen molar-refractivity contribution >= 4 is 23.4 Å². The summed E-state index contributed by atoms with van der Waals surface area (Å²) >= 11 is 1.23. The van der Waals surface area contributed by atoms with Gasteiger partial charge in [-0.15, -0.1) is 10.2 Å². The van der Waals surface area contributed by atoms with Crippen molar-refractivity contribution in [2.24, 2.45) is 0 Å². The number of hydrogen-bond acceptors (Lipinski definition) is 6. The second kappa shape index (κ2) is 8.52. The SMILES string of the molecule is Nn1c(SCC(=O)N2CCN(c3ccccc3)CC2)nnc1-c1cccc(F)c1. The highest BCUT2D eigenvalue weighted by Crippen LogP contribution is 2.23. The number of nitrogens with two attached hydrogens (primary N) is 1. The Morgan fingerprint density at radius 3 is 2.52 bits per heavy atom. The van der Waals surface area contributed by atoms with Crippen molar-refractivity contribution < 1.29 is 9.18 Å². The molecule has 0 aliphatic carbocycles. The largest absolute Gasteiger partial charge is 0.368 e. The number of para-hydroxylation sites is 1. The van der Waals surface area contributed by atoms with Crippen LogP contribution >= 0.6 is 11.8 Å². The van der Waals surface area contributed by atoms with Gasteiger partial charge in [0.25, 0.3) is 0 Å². The first-order valence-electron chi connectivity index (χ1n) is 9.29. The summed E-state index contributed by atoms with van der Waals surface area (Å²) in [6.45, 7) is 2.96. The van der Waals surface area contributed by atoms with E-state index >= 15 is 0 Å². The van der Waals surface area contributed by atoms with Crippen LogP contribution in [0.5, 0.6) is 0 Å². The maximum atomic E-state index is 13.4. The molecule has 2 N–H and O–H groups in total. The monoisotopic (exact) mass is 412 g/mol. The Balaban J connectivity index is 1.33. The molecule has 1 amide bonds. The summed E-state index contributed by atoms with van der Waals surface area (Å²) in [4.78, 5) is 16.7. The standard InChI is InChI=1S/C20H21FN6OS/c21-16-6-4-5-15(13-16)19-23-24-20(27(19)22)29-14-18(28)26-11-9-25(10-12-26)17-7-2-1-3-8-17/h1-8,13H,9-12,14,22H2. The molecule has 2 heterocycles. The van der Waals surface area contributed by atoms with Crippen molar-refractivity contribution in [3.8, 4) is 11.4 Å². The van der Waals surface area contributed by atoms with Crippen LogP contribution in [0.1, 0.15) is 0 Å². The first kappa shape index (κ1) is 19.3. The lowest BCUT2D eigenvalue weighted by molar-refractivity contribution is -0.128. The van der Waals surface area contributed by atoms with Gasteiger partial charge in [0.05, 0.1) is 5.75 Å². The van der Waals surface area contributed by atoms with E-state index in [2.05, 4.69) is 27.2 Å². The fourth-order valence-electron chi connectivity index (χ4n) is 3.27. The zero-order valence-corrected chi connectivity index (χ0v) is 16.6. The Labute approximate surface area is 172 Å². The third-order valence-electron chi connectivity index (χ3n) is 4.83. The van der Waals surface area contributed by atoms with E-state index in [9.17, 15) is 9.18 Å². The molecule has 4 rings (SSSR count). The molecule has 1 aliphatic rings. The van der Waals surface area contributed by atoms with E-state index in [-0.39, 0.29) is 17.5 Å². The van der Waals surface area contributed by atoms with E-state index in [1.54, 1.807) is 12.1 Å². The molecule has 7 nitrogen and oxygen atoms in total. The number of anilines is 1. The van der Waals surface area contributed by atoms with E-state index in [1.807, 2.05) is 23.1 Å². The number of carbonyl (C=O) groups is 1. The van der Waals surface area contributed by atoms with Gasteiger partial charge in [-0.25, -0.2) is 9.07 Å². The summed E-state index contributed by atoms with van der Waals surface area (Å²) in [5.74, 6) is 6.30. The summed E-state index contributed by atoms with van der Waals surface area (Å²) in [5.41, 5.74) is 1.71. The van der Waals surface area contributed by atoms with Gasteiger partial charge in [0.2, 0.25) is 11.1 Å². The number of carbonyl (C=O) groups excluding carboxylic acids is 1. The number of nitrogens with zero attached hydrogens (tertiary/aromatic N) is 5. The number of nitrogen functional groups attached to an aromatic ring is 1. The van der Waals surface area contributed by atoms with Crippen molar-refractivity contribution in [2.45, 2.75) is 5.16 Å². The van der Waals surface area contributed by atoms with Crippen molar-refractivity contribution in [1.29, 1.82) is 0 Å². The fourth-order valence-corrected chi connectivity index (χ4v) is 4.03. The van der Waals surface area contributed by atoms with Gasteiger partial charge in [-0.1, -0.05) is 42.1 Å². The van der Waals surface area contributed by atoms with Crippen LogP contribution in [-0.2, 0) is 4.79 Å². The molecule has 150 valence electrons. The molecule has 1 fully saturated rings. The molecular weight excluding hydrogens is 391 g/mol. The molecular formula is C20H21FN6OS. The Morgan fingerprint density at radius 1 is 1.03 bits per heavy atom. The zero-order valence-electron chi connectivity index (χ0n) is 15.7. The predicted molar refractivity (Wildman–Crippen MR) is 112 cm³/mol. The van der Waals surface area contributed by atoms with Crippen molar-refractivity contribution in [1.82, 2.24) is 19.8 Å². The lowest BCUT2D eigenvalue weighted by Gasteiger charge is -2.36. The summed E-state index contributed by atoms with van der Waals surface area (Å²) in [6, 6.07) is 16.2. The molecule has 1 aromatic heterocycles. The van der Waals surface area contributed by atoms with Gasteiger partial charge in [0.15, 0.2) is 5.82 Å². The van der Waals surface area contributed by atoms with Gasteiger partial charge >= 0.3 is 0 Å². The average Bonchev–Trinajstić information content (AvgIpc) is 3.13. The number of hydrogen-bond donors (Lipinski definition) is 1. The Kier molecular flexibility index (Phi) is 5.66. The van der Waals surface area contributed by atoms with Gasteiger partial charge in [-0.3, -0.25) is 4.79 Å². The first-order valence-corrected chi connectivity index (χ1v) is 10.3. The van der Waals surface area contributed by atoms with Crippen LogP contribution in [0.15, 0.2) is 59.8 Å². The molecule has 0 spiro atoms. The average molecular weight is 412 g/mol. The minimum absolute atomic E-state index is 0.0398. The van der Waals surface area contributed by atoms with E-state index in [0.717, 1.165) is 13.1 Å². The van der Waals surface area contributed by atoms with Gasteiger partial charge in [0.1, 0.15) is 5.82 Å². The van der Waals surface area contributed by atoms with Crippen LogP contribution in [0, 0.1) is 5.82 Å². The summed E-state index contributed by atoms with van der Waals surface area (Å²) in [5, 5.41) is 8.49. The fraction of sp³-hybridized carbons (Fsp3) is 0.250. The Morgan fingerprint density at radius 2 is 1.79 bits per heavy atom. The van der Waals surface area contributed by atoms with E-state index in [4.69, 9.17) is 5.84 Å². The van der Waals surface area contributed by atoms with Crippen molar-refractivity contribution in [3.63, 3.8) is 0 Å². The molecule has 0 saturated carbocycles. The van der Waals surface area contributed by atoms with Crippen LogP contribution in [-0.4, -0.2) is 57.6 Å². The van der Waals surface area contributed by atoms with Gasteiger partial charge < -0.3 is 15.6 Å². The number of aromatic nitrogens is 3. The predicted octanol–water partition coefficient (Wildman–Crippen LogP) is 2.24. The number of rotatable bonds is 5. The van der Waals surface area contributed by atoms with E-state index in [1.165, 1.54) is 34.3 Å². The lowest BCUT2D eigenvalue weighted by Crippen LogP contribution is -2.49.